The molecule has 174 valence electrons. The van der Waals surface area contributed by atoms with Gasteiger partial charge in [0.05, 0.1) is 36.7 Å². The molecule has 0 saturated carbocycles. The zero-order valence-corrected chi connectivity index (χ0v) is 18.4. The van der Waals surface area contributed by atoms with Gasteiger partial charge in [0.15, 0.2) is 5.82 Å². The zero-order chi connectivity index (χ0) is 23.9. The van der Waals surface area contributed by atoms with E-state index in [0.29, 0.717) is 11.5 Å². The lowest BCUT2D eigenvalue weighted by Gasteiger charge is -2.32. The molecule has 1 amide bonds. The fraction of sp³-hybridized carbons (Fsp3) is 0.333. The minimum atomic E-state index is -1.76. The standard InChI is InChI=1S/C24H21F2N5O3/c1-33-22-15(10-27)2-4-18(24(26)6-8-34-9-7-24)21(22)23(32)30-12-16-13-31(29-19(16)14-30)20-5-3-17(25)11-28-20/h2-5,11,13H,6-9,12,14H2,1H3. The largest absolute Gasteiger partial charge is 0.495 e. The smallest absolute Gasteiger partial charge is 0.258 e. The number of carbonyl (C=O) groups excluding carboxylic acids is 1. The van der Waals surface area contributed by atoms with E-state index in [9.17, 15) is 14.4 Å². The Morgan fingerprint density at radius 2 is 2.03 bits per heavy atom. The Balaban J connectivity index is 1.48. The average Bonchev–Trinajstić information content (AvgIpc) is 3.43. The van der Waals surface area contributed by atoms with Crippen LogP contribution in [0.2, 0.25) is 0 Å². The van der Waals surface area contributed by atoms with Crippen molar-refractivity contribution in [2.75, 3.05) is 20.3 Å². The second-order valence-electron chi connectivity index (χ2n) is 8.30. The number of rotatable bonds is 4. The van der Waals surface area contributed by atoms with Crippen LogP contribution < -0.4 is 4.74 Å². The molecule has 2 aliphatic heterocycles. The number of amides is 1. The van der Waals surface area contributed by atoms with Gasteiger partial charge in [-0.1, -0.05) is 6.07 Å². The van der Waals surface area contributed by atoms with Gasteiger partial charge in [0.1, 0.15) is 23.3 Å². The molecule has 0 unspecified atom stereocenters. The monoisotopic (exact) mass is 465 g/mol. The Kier molecular flexibility index (Phi) is 5.49. The van der Waals surface area contributed by atoms with E-state index < -0.39 is 17.4 Å². The van der Waals surface area contributed by atoms with Gasteiger partial charge in [-0.15, -0.1) is 0 Å². The van der Waals surface area contributed by atoms with Crippen LogP contribution in [0.4, 0.5) is 8.78 Å². The van der Waals surface area contributed by atoms with E-state index in [0.717, 1.165) is 11.8 Å². The maximum Gasteiger partial charge on any atom is 0.258 e. The number of fused-ring (bicyclic) bond motifs is 1. The van der Waals surface area contributed by atoms with Gasteiger partial charge in [-0.05, 0) is 18.2 Å². The highest BCUT2D eigenvalue weighted by atomic mass is 19.1. The first-order valence-electron chi connectivity index (χ1n) is 10.8. The van der Waals surface area contributed by atoms with Crippen molar-refractivity contribution in [2.24, 2.45) is 0 Å². The molecule has 0 bridgehead atoms. The van der Waals surface area contributed by atoms with Gasteiger partial charge in [0, 0.05) is 49.9 Å². The van der Waals surface area contributed by atoms with Crippen molar-refractivity contribution in [1.29, 1.82) is 5.26 Å². The quantitative estimate of drug-likeness (QED) is 0.586. The van der Waals surface area contributed by atoms with Gasteiger partial charge >= 0.3 is 0 Å². The molecular formula is C24H21F2N5O3. The van der Waals surface area contributed by atoms with Crippen molar-refractivity contribution >= 4 is 5.91 Å². The number of hydrogen-bond donors (Lipinski definition) is 0. The highest BCUT2D eigenvalue weighted by molar-refractivity contribution is 6.00. The Labute approximate surface area is 194 Å². The number of alkyl halides is 1. The lowest BCUT2D eigenvalue weighted by atomic mass is 9.83. The predicted octanol–water partition coefficient (Wildman–Crippen LogP) is 3.42. The topological polar surface area (TPSA) is 93.3 Å². The molecule has 10 heteroatoms. The molecule has 0 N–H and O–H groups in total. The first-order valence-corrected chi connectivity index (χ1v) is 10.8. The van der Waals surface area contributed by atoms with E-state index in [1.54, 1.807) is 11.1 Å². The van der Waals surface area contributed by atoms with Crippen LogP contribution in [0, 0.1) is 17.1 Å². The van der Waals surface area contributed by atoms with Crippen LogP contribution >= 0.6 is 0 Å². The van der Waals surface area contributed by atoms with Crippen molar-refractivity contribution in [1.82, 2.24) is 19.7 Å². The van der Waals surface area contributed by atoms with Gasteiger partial charge in [0.2, 0.25) is 0 Å². The molecule has 1 aromatic carbocycles. The number of methoxy groups -OCH3 is 1. The van der Waals surface area contributed by atoms with Crippen molar-refractivity contribution in [3.63, 3.8) is 0 Å². The minimum absolute atomic E-state index is 0.0594. The van der Waals surface area contributed by atoms with Crippen molar-refractivity contribution < 1.29 is 23.0 Å². The Hall–Kier alpha value is -3.84. The van der Waals surface area contributed by atoms with Crippen molar-refractivity contribution in [2.45, 2.75) is 31.6 Å². The lowest BCUT2D eigenvalue weighted by Crippen LogP contribution is -2.34. The summed E-state index contributed by atoms with van der Waals surface area (Å²) in [6.07, 6.45) is 3.07. The van der Waals surface area contributed by atoms with E-state index in [1.807, 2.05) is 6.07 Å². The molecule has 34 heavy (non-hydrogen) atoms. The summed E-state index contributed by atoms with van der Waals surface area (Å²) in [6.45, 7) is 0.932. The number of pyridine rings is 1. The molecule has 3 aromatic rings. The highest BCUT2D eigenvalue weighted by Gasteiger charge is 2.41. The van der Waals surface area contributed by atoms with Crippen LogP contribution in [-0.4, -0.2) is 45.9 Å². The van der Waals surface area contributed by atoms with Crippen LogP contribution in [0.3, 0.4) is 0 Å². The molecule has 2 aliphatic rings. The summed E-state index contributed by atoms with van der Waals surface area (Å²) >= 11 is 0. The fourth-order valence-corrected chi connectivity index (χ4v) is 4.51. The van der Waals surface area contributed by atoms with Gasteiger partial charge in [-0.25, -0.2) is 18.4 Å². The normalized spacial score (nSPS) is 16.7. The van der Waals surface area contributed by atoms with Crippen LogP contribution in [-0.2, 0) is 23.5 Å². The molecule has 0 spiro atoms. The maximum atomic E-state index is 16.0. The SMILES string of the molecule is COc1c(C#N)ccc(C2(F)CCOCC2)c1C(=O)N1Cc2cn(-c3ccc(F)cn3)nc2C1. The Morgan fingerprint density at radius 3 is 2.68 bits per heavy atom. The Bertz CT molecular complexity index is 1270. The molecule has 5 rings (SSSR count). The summed E-state index contributed by atoms with van der Waals surface area (Å²) in [6, 6.07) is 7.83. The molecule has 1 fully saturated rings. The first kappa shape index (κ1) is 22.0. The second-order valence-corrected chi connectivity index (χ2v) is 8.30. The number of nitriles is 1. The van der Waals surface area contributed by atoms with Gasteiger partial charge in [0.25, 0.3) is 5.91 Å². The van der Waals surface area contributed by atoms with Crippen LogP contribution in [0.15, 0.2) is 36.7 Å². The van der Waals surface area contributed by atoms with Crippen molar-refractivity contribution in [3.8, 4) is 17.6 Å². The number of halogens is 2. The van der Waals surface area contributed by atoms with E-state index in [1.165, 1.54) is 36.1 Å². The first-order chi connectivity index (χ1) is 16.4. The fourth-order valence-electron chi connectivity index (χ4n) is 4.51. The third-order valence-electron chi connectivity index (χ3n) is 6.28. The van der Waals surface area contributed by atoms with Crippen LogP contribution in [0.25, 0.3) is 5.82 Å². The highest BCUT2D eigenvalue weighted by Crippen LogP contribution is 2.43. The minimum Gasteiger partial charge on any atom is -0.495 e. The zero-order valence-electron chi connectivity index (χ0n) is 18.4. The maximum absolute atomic E-state index is 16.0. The third-order valence-corrected chi connectivity index (χ3v) is 6.28. The molecule has 2 aromatic heterocycles. The van der Waals surface area contributed by atoms with E-state index in [-0.39, 0.29) is 61.6 Å². The summed E-state index contributed by atoms with van der Waals surface area (Å²) in [7, 11) is 1.37. The lowest BCUT2D eigenvalue weighted by molar-refractivity contribution is -0.0122. The van der Waals surface area contributed by atoms with Crippen molar-refractivity contribution in [3.05, 3.63) is 70.4 Å². The number of benzene rings is 1. The molecule has 0 aliphatic carbocycles. The molecule has 0 radical (unpaired) electrons. The van der Waals surface area contributed by atoms with Crippen LogP contribution in [0.1, 0.15) is 45.6 Å². The summed E-state index contributed by atoms with van der Waals surface area (Å²) in [5.74, 6) is -0.353. The third kappa shape index (κ3) is 3.68. The number of aromatic nitrogens is 3. The van der Waals surface area contributed by atoms with E-state index in [2.05, 4.69) is 10.1 Å². The number of nitrogens with zero attached hydrogens (tertiary/aromatic N) is 5. The molecule has 8 nitrogen and oxygen atoms in total. The summed E-state index contributed by atoms with van der Waals surface area (Å²) in [5, 5.41) is 14.0. The summed E-state index contributed by atoms with van der Waals surface area (Å²) < 4.78 is 41.5. The predicted molar refractivity (Wildman–Crippen MR) is 115 cm³/mol. The van der Waals surface area contributed by atoms with Gasteiger partial charge < -0.3 is 14.4 Å². The number of ether oxygens (including phenoxy) is 2. The average molecular weight is 465 g/mol. The Morgan fingerprint density at radius 1 is 1.24 bits per heavy atom. The van der Waals surface area contributed by atoms with E-state index >= 15 is 4.39 Å². The molecule has 0 atom stereocenters. The molecular weight excluding hydrogens is 444 g/mol. The number of carbonyl (C=O) groups is 1. The van der Waals surface area contributed by atoms with Gasteiger partial charge in [-0.3, -0.25) is 4.79 Å². The van der Waals surface area contributed by atoms with Crippen LogP contribution in [0.5, 0.6) is 5.75 Å². The summed E-state index contributed by atoms with van der Waals surface area (Å²) in [4.78, 5) is 19.3. The second kappa shape index (κ2) is 8.50. The molecule has 1 saturated heterocycles. The summed E-state index contributed by atoms with van der Waals surface area (Å²) in [5.41, 5.74) is 0.137. The number of hydrogen-bond acceptors (Lipinski definition) is 6. The van der Waals surface area contributed by atoms with E-state index in [4.69, 9.17) is 9.47 Å². The molecule has 4 heterocycles. The van der Waals surface area contributed by atoms with Gasteiger partial charge in [-0.2, -0.15) is 10.4 Å².